The van der Waals surface area contributed by atoms with Crippen LogP contribution in [0.15, 0.2) is 30.6 Å². The minimum atomic E-state index is -0.250. The van der Waals surface area contributed by atoms with Crippen molar-refractivity contribution in [2.45, 2.75) is 19.9 Å². The van der Waals surface area contributed by atoms with Crippen LogP contribution in [0, 0.1) is 12.7 Å². The molecule has 2 aromatic rings. The number of nitrogens with one attached hydrogen (secondary N) is 1. The average Bonchev–Trinajstić information content (AvgIpc) is 2.35. The molecule has 1 heterocycles. The fraction of sp³-hybridized carbons (Fsp3) is 0.231. The zero-order chi connectivity index (χ0) is 13.1. The van der Waals surface area contributed by atoms with Gasteiger partial charge in [0.25, 0.3) is 0 Å². The van der Waals surface area contributed by atoms with Crippen LogP contribution in [0.4, 0.5) is 16.0 Å². The Bertz CT molecular complexity index is 556. The van der Waals surface area contributed by atoms with Crippen molar-refractivity contribution in [1.29, 1.82) is 0 Å². The fourth-order valence-corrected chi connectivity index (χ4v) is 1.67. The molecular formula is C13H15FN4. The summed E-state index contributed by atoms with van der Waals surface area (Å²) in [5, 5.41) is 3.20. The second kappa shape index (κ2) is 5.00. The summed E-state index contributed by atoms with van der Waals surface area (Å²) in [6.07, 6.45) is 1.41. The largest absolute Gasteiger partial charge is 0.383 e. The maximum Gasteiger partial charge on any atom is 0.134 e. The SMILES string of the molecule is Cc1c(N)ncnc1NC(C)c1cccc(F)c1. The number of halogens is 1. The molecule has 1 atom stereocenters. The van der Waals surface area contributed by atoms with E-state index in [2.05, 4.69) is 15.3 Å². The first kappa shape index (κ1) is 12.3. The van der Waals surface area contributed by atoms with E-state index in [-0.39, 0.29) is 11.9 Å². The summed E-state index contributed by atoms with van der Waals surface area (Å²) in [6.45, 7) is 3.78. The van der Waals surface area contributed by atoms with Gasteiger partial charge in [0.15, 0.2) is 0 Å². The lowest BCUT2D eigenvalue weighted by Gasteiger charge is -2.16. The van der Waals surface area contributed by atoms with Gasteiger partial charge in [-0.05, 0) is 31.5 Å². The number of hydrogen-bond acceptors (Lipinski definition) is 4. The third-order valence-electron chi connectivity index (χ3n) is 2.82. The predicted molar refractivity (Wildman–Crippen MR) is 69.6 cm³/mol. The molecule has 2 rings (SSSR count). The molecule has 3 N–H and O–H groups in total. The van der Waals surface area contributed by atoms with Crippen molar-refractivity contribution in [3.8, 4) is 0 Å². The molecule has 0 radical (unpaired) electrons. The van der Waals surface area contributed by atoms with Gasteiger partial charge in [-0.3, -0.25) is 0 Å². The highest BCUT2D eigenvalue weighted by Crippen LogP contribution is 2.22. The molecule has 0 fully saturated rings. The van der Waals surface area contributed by atoms with E-state index in [0.29, 0.717) is 11.6 Å². The molecular weight excluding hydrogens is 231 g/mol. The minimum absolute atomic E-state index is 0.0614. The highest BCUT2D eigenvalue weighted by molar-refractivity contribution is 5.54. The van der Waals surface area contributed by atoms with E-state index in [1.165, 1.54) is 18.5 Å². The summed E-state index contributed by atoms with van der Waals surface area (Å²) >= 11 is 0. The third-order valence-corrected chi connectivity index (χ3v) is 2.82. The van der Waals surface area contributed by atoms with Crippen LogP contribution < -0.4 is 11.1 Å². The standard InChI is InChI=1S/C13H15FN4/c1-8-12(15)16-7-17-13(8)18-9(2)10-4-3-5-11(14)6-10/h3-7,9H,1-2H3,(H3,15,16,17,18). The van der Waals surface area contributed by atoms with Crippen LogP contribution in [-0.2, 0) is 0 Å². The van der Waals surface area contributed by atoms with E-state index in [9.17, 15) is 4.39 Å². The van der Waals surface area contributed by atoms with Gasteiger partial charge in [-0.1, -0.05) is 12.1 Å². The second-order valence-electron chi connectivity index (χ2n) is 4.15. The van der Waals surface area contributed by atoms with Crippen molar-refractivity contribution in [3.63, 3.8) is 0 Å². The molecule has 0 saturated carbocycles. The van der Waals surface area contributed by atoms with E-state index < -0.39 is 0 Å². The van der Waals surface area contributed by atoms with Crippen molar-refractivity contribution in [2.24, 2.45) is 0 Å². The number of rotatable bonds is 3. The Hall–Kier alpha value is -2.17. The van der Waals surface area contributed by atoms with Crippen molar-refractivity contribution in [2.75, 3.05) is 11.1 Å². The molecule has 0 aliphatic heterocycles. The molecule has 0 aliphatic rings. The summed E-state index contributed by atoms with van der Waals surface area (Å²) in [5.41, 5.74) is 7.35. The van der Waals surface area contributed by atoms with Crippen LogP contribution in [0.2, 0.25) is 0 Å². The Balaban J connectivity index is 2.21. The van der Waals surface area contributed by atoms with Crippen LogP contribution >= 0.6 is 0 Å². The fourth-order valence-electron chi connectivity index (χ4n) is 1.67. The monoisotopic (exact) mass is 246 g/mol. The van der Waals surface area contributed by atoms with Gasteiger partial charge in [-0.15, -0.1) is 0 Å². The first-order chi connectivity index (χ1) is 8.58. The maximum atomic E-state index is 13.1. The first-order valence-electron chi connectivity index (χ1n) is 5.67. The molecule has 0 amide bonds. The normalized spacial score (nSPS) is 12.2. The van der Waals surface area contributed by atoms with E-state index in [0.717, 1.165) is 11.1 Å². The molecule has 0 spiro atoms. The lowest BCUT2D eigenvalue weighted by atomic mass is 10.1. The Morgan fingerprint density at radius 1 is 1.33 bits per heavy atom. The lowest BCUT2D eigenvalue weighted by molar-refractivity contribution is 0.623. The third kappa shape index (κ3) is 2.56. The van der Waals surface area contributed by atoms with Gasteiger partial charge in [0, 0.05) is 5.56 Å². The van der Waals surface area contributed by atoms with Gasteiger partial charge in [0.2, 0.25) is 0 Å². The first-order valence-corrected chi connectivity index (χ1v) is 5.67. The lowest BCUT2D eigenvalue weighted by Crippen LogP contribution is -2.10. The second-order valence-corrected chi connectivity index (χ2v) is 4.15. The maximum absolute atomic E-state index is 13.1. The highest BCUT2D eigenvalue weighted by atomic mass is 19.1. The molecule has 0 bridgehead atoms. The smallest absolute Gasteiger partial charge is 0.134 e. The van der Waals surface area contributed by atoms with Gasteiger partial charge in [-0.2, -0.15) is 0 Å². The topological polar surface area (TPSA) is 63.8 Å². The number of anilines is 2. The van der Waals surface area contributed by atoms with Crippen molar-refractivity contribution in [1.82, 2.24) is 9.97 Å². The van der Waals surface area contributed by atoms with Gasteiger partial charge >= 0.3 is 0 Å². The zero-order valence-electron chi connectivity index (χ0n) is 10.3. The summed E-state index contributed by atoms with van der Waals surface area (Å²) in [4.78, 5) is 8.03. The van der Waals surface area contributed by atoms with Crippen molar-refractivity contribution < 1.29 is 4.39 Å². The van der Waals surface area contributed by atoms with Crippen LogP contribution in [0.1, 0.15) is 24.1 Å². The minimum Gasteiger partial charge on any atom is -0.383 e. The summed E-state index contributed by atoms with van der Waals surface area (Å²) in [5.74, 6) is 0.860. The average molecular weight is 246 g/mol. The van der Waals surface area contributed by atoms with E-state index >= 15 is 0 Å². The molecule has 1 aromatic carbocycles. The van der Waals surface area contributed by atoms with Gasteiger partial charge in [-0.25, -0.2) is 14.4 Å². The van der Waals surface area contributed by atoms with Crippen LogP contribution in [0.25, 0.3) is 0 Å². The Labute approximate surface area is 105 Å². The number of nitrogens with zero attached hydrogens (tertiary/aromatic N) is 2. The van der Waals surface area contributed by atoms with Crippen LogP contribution in [-0.4, -0.2) is 9.97 Å². The summed E-state index contributed by atoms with van der Waals surface area (Å²) < 4.78 is 13.1. The molecule has 0 saturated heterocycles. The molecule has 18 heavy (non-hydrogen) atoms. The quantitative estimate of drug-likeness (QED) is 0.874. The summed E-state index contributed by atoms with van der Waals surface area (Å²) in [7, 11) is 0. The number of nitrogens with two attached hydrogens (primary N) is 1. The zero-order valence-corrected chi connectivity index (χ0v) is 10.3. The van der Waals surface area contributed by atoms with Crippen LogP contribution in [0.3, 0.4) is 0 Å². The molecule has 5 heteroatoms. The van der Waals surface area contributed by atoms with Crippen LogP contribution in [0.5, 0.6) is 0 Å². The van der Waals surface area contributed by atoms with Gasteiger partial charge < -0.3 is 11.1 Å². The Morgan fingerprint density at radius 2 is 2.11 bits per heavy atom. The number of hydrogen-bond donors (Lipinski definition) is 2. The number of aromatic nitrogens is 2. The molecule has 4 nitrogen and oxygen atoms in total. The molecule has 0 aliphatic carbocycles. The van der Waals surface area contributed by atoms with E-state index in [1.54, 1.807) is 6.07 Å². The number of benzene rings is 1. The van der Waals surface area contributed by atoms with Gasteiger partial charge in [0.1, 0.15) is 23.8 Å². The molecule has 1 unspecified atom stereocenters. The van der Waals surface area contributed by atoms with Gasteiger partial charge in [0.05, 0.1) is 6.04 Å². The predicted octanol–water partition coefficient (Wildman–Crippen LogP) is 2.68. The number of nitrogen functional groups attached to an aromatic ring is 1. The van der Waals surface area contributed by atoms with E-state index in [1.807, 2.05) is 19.9 Å². The molecule has 94 valence electrons. The highest BCUT2D eigenvalue weighted by Gasteiger charge is 2.10. The Morgan fingerprint density at radius 3 is 2.83 bits per heavy atom. The van der Waals surface area contributed by atoms with Crippen molar-refractivity contribution >= 4 is 11.6 Å². The van der Waals surface area contributed by atoms with Crippen molar-refractivity contribution in [3.05, 3.63) is 47.5 Å². The van der Waals surface area contributed by atoms with E-state index in [4.69, 9.17) is 5.73 Å². The Kier molecular flexibility index (Phi) is 3.41. The summed E-state index contributed by atoms with van der Waals surface area (Å²) in [6, 6.07) is 6.40. The molecule has 1 aromatic heterocycles.